The fraction of sp³-hybridized carbons (Fsp3) is 0.340. The van der Waals surface area contributed by atoms with Crippen LogP contribution in [-0.4, -0.2) is 96.3 Å². The maximum Gasteiger partial charge on any atom is 0.333 e. The molecule has 2 unspecified atom stereocenters. The Morgan fingerprint density at radius 2 is 1.58 bits per heavy atom. The molecule has 0 saturated carbocycles. The second-order valence-electron chi connectivity index (χ2n) is 16.8. The molecule has 4 heterocycles. The summed E-state index contributed by atoms with van der Waals surface area (Å²) in [4.78, 5) is 45.7. The van der Waals surface area contributed by atoms with E-state index < -0.39 is 55.9 Å². The molecule has 0 fully saturated rings. The predicted octanol–water partition coefficient (Wildman–Crippen LogP) is 7.01. The highest BCUT2D eigenvalue weighted by Gasteiger charge is 2.44. The molecule has 0 spiro atoms. The topological polar surface area (TPSA) is 212 Å². The first-order valence-corrected chi connectivity index (χ1v) is 23.8. The first-order valence-electron chi connectivity index (χ1n) is 21.1. The van der Waals surface area contributed by atoms with Crippen LogP contribution in [-0.2, 0) is 36.2 Å². The molecule has 6 rings (SSSR count). The number of fused-ring (bicyclic) bond motifs is 2. The van der Waals surface area contributed by atoms with Crippen LogP contribution in [0, 0.1) is 5.41 Å². The van der Waals surface area contributed by atoms with Gasteiger partial charge in [-0.25, -0.2) is 9.00 Å². The van der Waals surface area contributed by atoms with E-state index in [0.717, 1.165) is 28.2 Å². The number of likely N-dealkylation sites (N-methyl/N-ethyl adjacent to an activating group) is 1. The number of aliphatic imine (C=N–C) groups is 1. The van der Waals surface area contributed by atoms with Crippen molar-refractivity contribution >= 4 is 44.5 Å². The number of para-hydroxylation sites is 1. The van der Waals surface area contributed by atoms with Gasteiger partial charge in [0.1, 0.15) is 6.17 Å². The van der Waals surface area contributed by atoms with Crippen LogP contribution in [0.3, 0.4) is 0 Å². The summed E-state index contributed by atoms with van der Waals surface area (Å²) < 4.78 is 55.6. The third-order valence-corrected chi connectivity index (χ3v) is 12.9. The number of anilines is 1. The number of hydrogen-bond acceptors (Lipinski definition) is 12. The zero-order valence-corrected chi connectivity index (χ0v) is 38.5. The minimum Gasteiger partial charge on any atom is -0.492 e. The minimum absolute atomic E-state index is 0.0582. The molecule has 16 nitrogen and oxygen atoms in total. The van der Waals surface area contributed by atoms with Crippen molar-refractivity contribution in [2.75, 3.05) is 30.8 Å². The van der Waals surface area contributed by atoms with Crippen LogP contribution in [0.1, 0.15) is 65.4 Å². The summed E-state index contributed by atoms with van der Waals surface area (Å²) in [5.41, 5.74) is 3.32. The molecule has 0 bridgehead atoms. The molecule has 1 aromatic heterocycles. The van der Waals surface area contributed by atoms with Crippen molar-refractivity contribution in [3.8, 4) is 17.5 Å². The van der Waals surface area contributed by atoms with E-state index in [-0.39, 0.29) is 23.0 Å². The standard InChI is InChI=1S/C47H55N5O11S2/c1-46(2)37-30-33(45(56)49(5)62-34-18-11-9-12-19-34)32-50(27-17-29-64(57)58)44(37)48-39(46)20-13-7-6-8-14-21-40-47(3,4)36-31-35(65(59,60)61)23-24-38(36)51(40)28-16-10-15-22-43(55)63-52-41(53)25-26-42(52)54/h6-9,11-14,18-21,23-26,30-32,44,53-54H,10,15-17,22,27-29H2,1-5H3,(H,57,58)(H,59,60,61). The van der Waals surface area contributed by atoms with Crippen LogP contribution in [0.2, 0.25) is 0 Å². The maximum atomic E-state index is 13.6. The number of aromatic hydroxyl groups is 2. The molecule has 2 atom stereocenters. The monoisotopic (exact) mass is 929 g/mol. The summed E-state index contributed by atoms with van der Waals surface area (Å²) in [5.74, 6) is -1.17. The largest absolute Gasteiger partial charge is 0.492 e. The third-order valence-electron chi connectivity index (χ3n) is 11.5. The summed E-state index contributed by atoms with van der Waals surface area (Å²) in [7, 11) is -2.89. The van der Waals surface area contributed by atoms with Crippen molar-refractivity contribution in [2.45, 2.75) is 76.3 Å². The Kier molecular flexibility index (Phi) is 15.1. The van der Waals surface area contributed by atoms with Gasteiger partial charge in [-0.1, -0.05) is 82.7 Å². The number of carbonyl (C=O) groups is 2. The number of benzene rings is 2. The Bertz CT molecular complexity index is 2610. The molecule has 0 radical (unpaired) electrons. The summed E-state index contributed by atoms with van der Waals surface area (Å²) >= 11 is -1.96. The maximum absolute atomic E-state index is 13.6. The van der Waals surface area contributed by atoms with Crippen LogP contribution in [0.4, 0.5) is 5.69 Å². The zero-order valence-electron chi connectivity index (χ0n) is 36.9. The molecular formula is C47H55N5O11S2. The van der Waals surface area contributed by atoms with Gasteiger partial charge < -0.3 is 34.2 Å². The number of hydroxylamine groups is 2. The van der Waals surface area contributed by atoms with Gasteiger partial charge in [0.15, 0.2) is 16.8 Å². The van der Waals surface area contributed by atoms with E-state index in [9.17, 15) is 41.5 Å². The van der Waals surface area contributed by atoms with Crippen LogP contribution in [0.15, 0.2) is 142 Å². The van der Waals surface area contributed by atoms with Crippen LogP contribution in [0.5, 0.6) is 17.5 Å². The van der Waals surface area contributed by atoms with Crippen molar-refractivity contribution in [3.63, 3.8) is 0 Å². The van der Waals surface area contributed by atoms with E-state index in [1.54, 1.807) is 31.4 Å². The molecule has 0 saturated heterocycles. The zero-order chi connectivity index (χ0) is 47.1. The van der Waals surface area contributed by atoms with Gasteiger partial charge in [-0.3, -0.25) is 14.3 Å². The molecule has 3 aliphatic heterocycles. The van der Waals surface area contributed by atoms with E-state index in [1.807, 2.05) is 99.4 Å². The number of allylic oxidation sites excluding steroid dienone is 8. The summed E-state index contributed by atoms with van der Waals surface area (Å²) in [5, 5.41) is 20.7. The number of nitrogens with zero attached hydrogens (tertiary/aromatic N) is 5. The minimum atomic E-state index is -4.44. The van der Waals surface area contributed by atoms with Gasteiger partial charge in [0.2, 0.25) is 11.8 Å². The first-order chi connectivity index (χ1) is 30.8. The first kappa shape index (κ1) is 48.3. The smallest absolute Gasteiger partial charge is 0.333 e. The molecule has 0 aliphatic carbocycles. The second kappa shape index (κ2) is 20.3. The highest BCUT2D eigenvalue weighted by Crippen LogP contribution is 2.49. The quantitative estimate of drug-likeness (QED) is 0.0314. The molecule has 3 aliphatic rings. The second-order valence-corrected chi connectivity index (χ2v) is 19.2. The number of hydrogen-bond donors (Lipinski definition) is 4. The third kappa shape index (κ3) is 11.4. The van der Waals surface area contributed by atoms with Crippen molar-refractivity contribution in [1.82, 2.24) is 14.7 Å². The fourth-order valence-electron chi connectivity index (χ4n) is 7.98. The Balaban J connectivity index is 1.14. The molecule has 65 heavy (non-hydrogen) atoms. The Labute approximate surface area is 381 Å². The molecule has 18 heteroatoms. The lowest BCUT2D eigenvalue weighted by atomic mass is 9.78. The molecule has 3 aromatic rings. The number of unbranched alkanes of at least 4 members (excludes halogenated alkanes) is 2. The van der Waals surface area contributed by atoms with Crippen LogP contribution < -0.4 is 14.6 Å². The van der Waals surface area contributed by atoms with Gasteiger partial charge >= 0.3 is 5.97 Å². The lowest BCUT2D eigenvalue weighted by Crippen LogP contribution is -2.39. The van der Waals surface area contributed by atoms with Gasteiger partial charge in [-0.05, 0) is 79.0 Å². The summed E-state index contributed by atoms with van der Waals surface area (Å²) in [6.45, 7) is 9.00. The highest BCUT2D eigenvalue weighted by atomic mass is 32.2. The number of aromatic nitrogens is 1. The Morgan fingerprint density at radius 1 is 0.892 bits per heavy atom. The Morgan fingerprint density at radius 3 is 2.28 bits per heavy atom. The van der Waals surface area contributed by atoms with Gasteiger partial charge in [0.25, 0.3) is 16.0 Å². The molecule has 4 N–H and O–H groups in total. The van der Waals surface area contributed by atoms with Crippen molar-refractivity contribution in [3.05, 3.63) is 138 Å². The van der Waals surface area contributed by atoms with Gasteiger partial charge in [0, 0.05) is 72.8 Å². The van der Waals surface area contributed by atoms with Gasteiger partial charge in [-0.2, -0.15) is 13.5 Å². The highest BCUT2D eigenvalue weighted by molar-refractivity contribution is 7.85. The van der Waals surface area contributed by atoms with Crippen LogP contribution in [0.25, 0.3) is 0 Å². The average molecular weight is 930 g/mol. The number of amides is 1. The molecule has 346 valence electrons. The lowest BCUT2D eigenvalue weighted by molar-refractivity contribution is -0.147. The van der Waals surface area contributed by atoms with Crippen LogP contribution >= 0.6 is 0 Å². The SMILES string of the molecule is CN(Oc1ccccc1)C(=O)C1=CN(CCCS(=O)O)C2N=C(C=CC=CC=CC=C3N(CCCCCC(=O)On4c(O)ccc4O)c4ccc(S(=O)(=O)O)cc4C3(C)C)C(C)(C)C2=C1. The lowest BCUT2D eigenvalue weighted by Gasteiger charge is -2.34. The molecular weight excluding hydrogens is 875 g/mol. The van der Waals surface area contributed by atoms with Gasteiger partial charge in [0.05, 0.1) is 16.2 Å². The van der Waals surface area contributed by atoms with E-state index in [0.29, 0.717) is 54.8 Å². The predicted molar refractivity (Wildman–Crippen MR) is 248 cm³/mol. The van der Waals surface area contributed by atoms with E-state index in [4.69, 9.17) is 14.7 Å². The summed E-state index contributed by atoms with van der Waals surface area (Å²) in [6, 6.07) is 16.0. The van der Waals surface area contributed by atoms with Crippen molar-refractivity contribution in [1.29, 1.82) is 0 Å². The van der Waals surface area contributed by atoms with Crippen molar-refractivity contribution in [2.24, 2.45) is 10.4 Å². The van der Waals surface area contributed by atoms with E-state index in [2.05, 4.69) is 4.90 Å². The molecule has 1 amide bonds. The fourth-order valence-corrected chi connectivity index (χ4v) is 8.87. The number of carbonyl (C=O) groups excluding carboxylic acids is 2. The van der Waals surface area contributed by atoms with E-state index in [1.165, 1.54) is 29.3 Å². The molecule has 2 aromatic carbocycles. The Hall–Kier alpha value is -6.21. The summed E-state index contributed by atoms with van der Waals surface area (Å²) in [6.07, 6.45) is 18.7. The van der Waals surface area contributed by atoms with Gasteiger partial charge in [-0.15, -0.1) is 4.73 Å². The number of rotatable bonds is 19. The van der Waals surface area contributed by atoms with E-state index >= 15 is 0 Å². The normalized spacial score (nSPS) is 18.8. The average Bonchev–Trinajstić information content (AvgIpc) is 3.79. The van der Waals surface area contributed by atoms with Crippen molar-refractivity contribution < 1.29 is 51.2 Å².